The maximum absolute atomic E-state index is 6.15. The molecule has 3 nitrogen and oxygen atoms in total. The summed E-state index contributed by atoms with van der Waals surface area (Å²) in [5.74, 6) is 0. The highest BCUT2D eigenvalue weighted by molar-refractivity contribution is 5.13. The van der Waals surface area contributed by atoms with Gasteiger partial charge in [-0.3, -0.25) is 0 Å². The van der Waals surface area contributed by atoms with Crippen LogP contribution in [-0.4, -0.2) is 32.4 Å². The number of hydrogen-bond acceptors (Lipinski definition) is 3. The SMILES string of the molecule is c1ccc(COCC2CNCC3(CCCCC3)CO2)cc1. The van der Waals surface area contributed by atoms with Crippen LogP contribution in [0.25, 0.3) is 0 Å². The molecular weight excluding hydrogens is 262 g/mol. The monoisotopic (exact) mass is 289 g/mol. The second-order valence-corrected chi connectivity index (χ2v) is 6.63. The average Bonchev–Trinajstić information content (AvgIpc) is 2.72. The van der Waals surface area contributed by atoms with Crippen molar-refractivity contribution in [3.05, 3.63) is 35.9 Å². The molecule has 1 N–H and O–H groups in total. The van der Waals surface area contributed by atoms with E-state index < -0.39 is 0 Å². The van der Waals surface area contributed by atoms with E-state index in [0.29, 0.717) is 18.6 Å². The van der Waals surface area contributed by atoms with Crippen molar-refractivity contribution >= 4 is 0 Å². The molecule has 1 aliphatic heterocycles. The van der Waals surface area contributed by atoms with Crippen LogP contribution >= 0.6 is 0 Å². The van der Waals surface area contributed by atoms with E-state index >= 15 is 0 Å². The quantitative estimate of drug-likeness (QED) is 0.923. The Morgan fingerprint density at radius 2 is 1.95 bits per heavy atom. The van der Waals surface area contributed by atoms with E-state index in [9.17, 15) is 0 Å². The Morgan fingerprint density at radius 1 is 1.14 bits per heavy atom. The first-order chi connectivity index (χ1) is 10.4. The Labute approximate surface area is 128 Å². The molecule has 3 heteroatoms. The second-order valence-electron chi connectivity index (χ2n) is 6.63. The van der Waals surface area contributed by atoms with Crippen LogP contribution < -0.4 is 5.32 Å². The Kier molecular flexibility index (Phi) is 5.28. The third kappa shape index (κ3) is 4.29. The highest BCUT2D eigenvalue weighted by atomic mass is 16.5. The first kappa shape index (κ1) is 15.0. The summed E-state index contributed by atoms with van der Waals surface area (Å²) in [7, 11) is 0. The molecule has 116 valence electrons. The standard InChI is InChI=1S/C18H27NO2/c1-3-7-16(8-4-1)12-20-13-17-11-19-14-18(15-21-17)9-5-2-6-10-18/h1,3-4,7-8,17,19H,2,5-6,9-15H2. The van der Waals surface area contributed by atoms with Crippen molar-refractivity contribution in [2.75, 3.05) is 26.3 Å². The van der Waals surface area contributed by atoms with Crippen LogP contribution in [0.15, 0.2) is 30.3 Å². The topological polar surface area (TPSA) is 30.5 Å². The zero-order valence-electron chi connectivity index (χ0n) is 12.9. The van der Waals surface area contributed by atoms with Gasteiger partial charge < -0.3 is 14.8 Å². The Bertz CT molecular complexity index is 414. The highest BCUT2D eigenvalue weighted by Gasteiger charge is 2.35. The summed E-state index contributed by atoms with van der Waals surface area (Å²) in [6.45, 7) is 4.28. The van der Waals surface area contributed by atoms with Crippen molar-refractivity contribution in [1.29, 1.82) is 0 Å². The van der Waals surface area contributed by atoms with E-state index in [1.165, 1.54) is 37.7 Å². The van der Waals surface area contributed by atoms with Gasteiger partial charge in [0.15, 0.2) is 0 Å². The lowest BCUT2D eigenvalue weighted by atomic mass is 9.75. The summed E-state index contributed by atoms with van der Waals surface area (Å²) in [6.07, 6.45) is 6.94. The zero-order valence-corrected chi connectivity index (χ0v) is 12.9. The van der Waals surface area contributed by atoms with Crippen molar-refractivity contribution in [1.82, 2.24) is 5.32 Å². The van der Waals surface area contributed by atoms with Crippen LogP contribution in [-0.2, 0) is 16.1 Å². The predicted molar refractivity (Wildman–Crippen MR) is 84.2 cm³/mol. The third-order valence-corrected chi connectivity index (χ3v) is 4.83. The molecule has 0 bridgehead atoms. The summed E-state index contributed by atoms with van der Waals surface area (Å²) in [4.78, 5) is 0. The lowest BCUT2D eigenvalue weighted by Gasteiger charge is -2.35. The second kappa shape index (κ2) is 7.39. The van der Waals surface area contributed by atoms with Crippen LogP contribution in [0.3, 0.4) is 0 Å². The van der Waals surface area contributed by atoms with Crippen LogP contribution in [0.1, 0.15) is 37.7 Å². The summed E-state index contributed by atoms with van der Waals surface area (Å²) in [5.41, 5.74) is 1.62. The highest BCUT2D eigenvalue weighted by Crippen LogP contribution is 2.37. The van der Waals surface area contributed by atoms with Crippen molar-refractivity contribution in [3.8, 4) is 0 Å². The molecule has 1 heterocycles. The van der Waals surface area contributed by atoms with E-state index in [1.54, 1.807) is 0 Å². The Morgan fingerprint density at radius 3 is 2.76 bits per heavy atom. The number of ether oxygens (including phenoxy) is 2. The molecule has 1 atom stereocenters. The first-order valence-corrected chi connectivity index (χ1v) is 8.30. The predicted octanol–water partition coefficient (Wildman–Crippen LogP) is 3.14. The molecule has 1 saturated heterocycles. The third-order valence-electron chi connectivity index (χ3n) is 4.83. The molecule has 21 heavy (non-hydrogen) atoms. The largest absolute Gasteiger partial charge is 0.374 e. The Balaban J connectivity index is 1.43. The molecular formula is C18H27NO2. The summed E-state index contributed by atoms with van der Waals surface area (Å²) in [6, 6.07) is 10.3. The van der Waals surface area contributed by atoms with Gasteiger partial charge >= 0.3 is 0 Å². The van der Waals surface area contributed by atoms with Crippen molar-refractivity contribution in [2.24, 2.45) is 5.41 Å². The van der Waals surface area contributed by atoms with Gasteiger partial charge in [-0.2, -0.15) is 0 Å². The molecule has 1 unspecified atom stereocenters. The summed E-state index contributed by atoms with van der Waals surface area (Å²) in [5, 5.41) is 3.60. The minimum atomic E-state index is 0.190. The molecule has 1 aliphatic carbocycles. The van der Waals surface area contributed by atoms with E-state index in [4.69, 9.17) is 9.47 Å². The normalized spacial score (nSPS) is 25.6. The van der Waals surface area contributed by atoms with E-state index in [-0.39, 0.29) is 6.10 Å². The van der Waals surface area contributed by atoms with Gasteiger partial charge in [-0.15, -0.1) is 0 Å². The molecule has 2 fully saturated rings. The van der Waals surface area contributed by atoms with Gasteiger partial charge in [-0.25, -0.2) is 0 Å². The minimum Gasteiger partial charge on any atom is -0.374 e. The van der Waals surface area contributed by atoms with Crippen LogP contribution in [0.4, 0.5) is 0 Å². The number of hydrogen-bond donors (Lipinski definition) is 1. The summed E-state index contributed by atoms with van der Waals surface area (Å²) >= 11 is 0. The van der Waals surface area contributed by atoms with E-state index in [1.807, 2.05) is 6.07 Å². The number of rotatable bonds is 4. The van der Waals surface area contributed by atoms with Gasteiger partial charge in [0.05, 0.1) is 25.9 Å². The van der Waals surface area contributed by atoms with Crippen LogP contribution in [0.5, 0.6) is 0 Å². The molecule has 1 saturated carbocycles. The molecule has 2 aliphatic rings. The Hall–Kier alpha value is -0.900. The van der Waals surface area contributed by atoms with Gasteiger partial charge in [-0.05, 0) is 18.4 Å². The van der Waals surface area contributed by atoms with Gasteiger partial charge in [-0.1, -0.05) is 49.6 Å². The fraction of sp³-hybridized carbons (Fsp3) is 0.667. The maximum Gasteiger partial charge on any atom is 0.0932 e. The van der Waals surface area contributed by atoms with Crippen LogP contribution in [0, 0.1) is 5.41 Å². The van der Waals surface area contributed by atoms with Gasteiger partial charge in [0, 0.05) is 18.5 Å². The molecule has 1 aromatic carbocycles. The minimum absolute atomic E-state index is 0.190. The smallest absolute Gasteiger partial charge is 0.0932 e. The molecule has 1 spiro atoms. The average molecular weight is 289 g/mol. The number of benzene rings is 1. The lowest BCUT2D eigenvalue weighted by Crippen LogP contribution is -2.37. The fourth-order valence-electron chi connectivity index (χ4n) is 3.52. The zero-order chi connectivity index (χ0) is 14.4. The maximum atomic E-state index is 6.15. The molecule has 0 amide bonds. The van der Waals surface area contributed by atoms with E-state index in [2.05, 4.69) is 29.6 Å². The molecule has 1 aromatic rings. The fourth-order valence-corrected chi connectivity index (χ4v) is 3.52. The van der Waals surface area contributed by atoms with Crippen molar-refractivity contribution < 1.29 is 9.47 Å². The molecule has 0 aromatic heterocycles. The van der Waals surface area contributed by atoms with Gasteiger partial charge in [0.2, 0.25) is 0 Å². The van der Waals surface area contributed by atoms with Gasteiger partial charge in [0.1, 0.15) is 0 Å². The first-order valence-electron chi connectivity index (χ1n) is 8.30. The van der Waals surface area contributed by atoms with Gasteiger partial charge in [0.25, 0.3) is 0 Å². The van der Waals surface area contributed by atoms with Crippen molar-refractivity contribution in [3.63, 3.8) is 0 Å². The van der Waals surface area contributed by atoms with E-state index in [0.717, 1.165) is 19.7 Å². The summed E-state index contributed by atoms with van der Waals surface area (Å²) < 4.78 is 12.0. The number of nitrogens with one attached hydrogen (secondary N) is 1. The lowest BCUT2D eigenvalue weighted by molar-refractivity contribution is -0.0440. The van der Waals surface area contributed by atoms with Crippen molar-refractivity contribution in [2.45, 2.75) is 44.8 Å². The molecule has 0 radical (unpaired) electrons. The molecule has 3 rings (SSSR count). The van der Waals surface area contributed by atoms with Crippen LogP contribution in [0.2, 0.25) is 0 Å².